The molecule has 0 aliphatic heterocycles. The number of nitrogens with zero attached hydrogens (tertiary/aromatic N) is 1. The Balaban J connectivity index is 2.15. The van der Waals surface area contributed by atoms with Crippen LogP contribution in [-0.2, 0) is 0 Å². The molecule has 0 fully saturated rings. The molecule has 0 radical (unpaired) electrons. The molecular weight excluding hydrogens is 314 g/mol. The number of ether oxygens (including phenoxy) is 1. The van der Waals surface area contributed by atoms with Gasteiger partial charge in [0.2, 0.25) is 0 Å². The number of hydrogen-bond acceptors (Lipinski definition) is 4. The second kappa shape index (κ2) is 7.83. The zero-order chi connectivity index (χ0) is 16.8. The number of anilines is 2. The van der Waals surface area contributed by atoms with E-state index in [2.05, 4.69) is 29.5 Å². The molecule has 2 N–H and O–H groups in total. The van der Waals surface area contributed by atoms with Crippen LogP contribution in [0.5, 0.6) is 5.75 Å². The normalized spacial score (nSPS) is 10.5. The van der Waals surface area contributed by atoms with Crippen LogP contribution in [0.3, 0.4) is 0 Å². The molecule has 1 aromatic carbocycles. The van der Waals surface area contributed by atoms with Gasteiger partial charge in [-0.05, 0) is 30.2 Å². The topological polar surface area (TPSA) is 63.2 Å². The first kappa shape index (κ1) is 17.1. The van der Waals surface area contributed by atoms with Crippen molar-refractivity contribution in [2.75, 3.05) is 24.3 Å². The van der Waals surface area contributed by atoms with Crippen molar-refractivity contribution in [3.05, 3.63) is 47.2 Å². The summed E-state index contributed by atoms with van der Waals surface area (Å²) in [5.74, 6) is 0.777. The highest BCUT2D eigenvalue weighted by molar-refractivity contribution is 6.31. The van der Waals surface area contributed by atoms with Crippen LogP contribution in [0.1, 0.15) is 24.2 Å². The monoisotopic (exact) mass is 333 g/mol. The number of hydrogen-bond donors (Lipinski definition) is 2. The maximum atomic E-state index is 12.4. The number of nitrogens with one attached hydrogen (secondary N) is 2. The van der Waals surface area contributed by atoms with Crippen LogP contribution in [-0.4, -0.2) is 24.5 Å². The van der Waals surface area contributed by atoms with Gasteiger partial charge in [0.05, 0.1) is 24.0 Å². The van der Waals surface area contributed by atoms with E-state index in [1.807, 2.05) is 0 Å². The lowest BCUT2D eigenvalue weighted by Crippen LogP contribution is -2.14. The van der Waals surface area contributed by atoms with Gasteiger partial charge >= 0.3 is 0 Å². The Morgan fingerprint density at radius 3 is 2.78 bits per heavy atom. The van der Waals surface area contributed by atoms with E-state index >= 15 is 0 Å². The van der Waals surface area contributed by atoms with E-state index < -0.39 is 0 Å². The van der Waals surface area contributed by atoms with Gasteiger partial charge in [0.1, 0.15) is 5.75 Å². The highest BCUT2D eigenvalue weighted by atomic mass is 35.5. The SMILES string of the molecule is COc1ccc(Cl)cc1NC(=O)c1cncc(NCC(C)C)c1. The summed E-state index contributed by atoms with van der Waals surface area (Å²) in [5.41, 5.74) is 1.79. The van der Waals surface area contributed by atoms with Crippen molar-refractivity contribution in [2.45, 2.75) is 13.8 Å². The fourth-order valence-corrected chi connectivity index (χ4v) is 2.13. The first-order valence-corrected chi connectivity index (χ1v) is 7.71. The number of rotatable bonds is 6. The summed E-state index contributed by atoms with van der Waals surface area (Å²) < 4.78 is 5.22. The highest BCUT2D eigenvalue weighted by Crippen LogP contribution is 2.28. The Morgan fingerprint density at radius 1 is 1.30 bits per heavy atom. The number of amides is 1. The molecule has 0 bridgehead atoms. The number of halogens is 1. The third-order valence-electron chi connectivity index (χ3n) is 3.12. The lowest BCUT2D eigenvalue weighted by Gasteiger charge is -2.12. The Kier molecular flexibility index (Phi) is 5.82. The predicted octanol–water partition coefficient (Wildman–Crippen LogP) is 4.06. The van der Waals surface area contributed by atoms with Gasteiger partial charge in [0.25, 0.3) is 5.91 Å². The minimum atomic E-state index is -0.272. The van der Waals surface area contributed by atoms with E-state index in [9.17, 15) is 4.79 Å². The number of benzene rings is 1. The lowest BCUT2D eigenvalue weighted by atomic mass is 10.2. The third-order valence-corrected chi connectivity index (χ3v) is 3.36. The highest BCUT2D eigenvalue weighted by Gasteiger charge is 2.11. The van der Waals surface area contributed by atoms with Gasteiger partial charge in [-0.25, -0.2) is 0 Å². The molecule has 2 aromatic rings. The van der Waals surface area contributed by atoms with Gasteiger partial charge < -0.3 is 15.4 Å². The number of carbonyl (C=O) groups excluding carboxylic acids is 1. The fourth-order valence-electron chi connectivity index (χ4n) is 1.96. The molecule has 0 saturated heterocycles. The van der Waals surface area contributed by atoms with Crippen molar-refractivity contribution in [2.24, 2.45) is 5.92 Å². The van der Waals surface area contributed by atoms with Crippen LogP contribution in [0.25, 0.3) is 0 Å². The molecule has 0 unspecified atom stereocenters. The second-order valence-corrected chi connectivity index (χ2v) is 5.97. The van der Waals surface area contributed by atoms with E-state index in [1.54, 1.807) is 30.5 Å². The van der Waals surface area contributed by atoms with Crippen molar-refractivity contribution in [3.63, 3.8) is 0 Å². The summed E-state index contributed by atoms with van der Waals surface area (Å²) in [4.78, 5) is 16.5. The number of carbonyl (C=O) groups is 1. The van der Waals surface area contributed by atoms with Gasteiger partial charge in [-0.3, -0.25) is 9.78 Å². The molecule has 1 heterocycles. The quantitative estimate of drug-likeness (QED) is 0.836. The first-order valence-electron chi connectivity index (χ1n) is 7.33. The molecule has 0 aliphatic rings. The van der Waals surface area contributed by atoms with Crippen LogP contribution in [0.4, 0.5) is 11.4 Å². The van der Waals surface area contributed by atoms with Crippen molar-refractivity contribution in [3.8, 4) is 5.75 Å². The van der Waals surface area contributed by atoms with Crippen LogP contribution < -0.4 is 15.4 Å². The Bertz CT molecular complexity index is 689. The average Bonchev–Trinajstić information content (AvgIpc) is 2.53. The molecule has 0 saturated carbocycles. The first-order chi connectivity index (χ1) is 11.0. The molecule has 2 rings (SSSR count). The van der Waals surface area contributed by atoms with Crippen molar-refractivity contribution in [1.82, 2.24) is 4.98 Å². The molecule has 1 aromatic heterocycles. The van der Waals surface area contributed by atoms with Gasteiger partial charge in [-0.1, -0.05) is 25.4 Å². The minimum Gasteiger partial charge on any atom is -0.495 e. The molecule has 0 spiro atoms. The molecule has 6 heteroatoms. The summed E-state index contributed by atoms with van der Waals surface area (Å²) in [6, 6.07) is 6.82. The fraction of sp³-hybridized carbons (Fsp3) is 0.294. The number of aromatic nitrogens is 1. The maximum Gasteiger partial charge on any atom is 0.257 e. The predicted molar refractivity (Wildman–Crippen MR) is 93.5 cm³/mol. The lowest BCUT2D eigenvalue weighted by molar-refractivity contribution is 0.102. The summed E-state index contributed by atoms with van der Waals surface area (Å²) in [6.45, 7) is 5.04. The van der Waals surface area contributed by atoms with Crippen LogP contribution in [0.2, 0.25) is 5.02 Å². The Labute approximate surface area is 141 Å². The van der Waals surface area contributed by atoms with Crippen LogP contribution in [0.15, 0.2) is 36.7 Å². The molecule has 0 aliphatic carbocycles. The van der Waals surface area contributed by atoms with Gasteiger partial charge in [0.15, 0.2) is 0 Å². The van der Waals surface area contributed by atoms with E-state index in [0.29, 0.717) is 27.9 Å². The zero-order valence-electron chi connectivity index (χ0n) is 13.4. The minimum absolute atomic E-state index is 0.272. The van der Waals surface area contributed by atoms with Crippen molar-refractivity contribution >= 4 is 28.9 Å². The van der Waals surface area contributed by atoms with E-state index in [1.165, 1.54) is 13.3 Å². The third kappa shape index (κ3) is 4.86. The van der Waals surface area contributed by atoms with E-state index in [4.69, 9.17) is 16.3 Å². The van der Waals surface area contributed by atoms with Crippen molar-refractivity contribution in [1.29, 1.82) is 0 Å². The van der Waals surface area contributed by atoms with Crippen molar-refractivity contribution < 1.29 is 9.53 Å². The molecule has 5 nitrogen and oxygen atoms in total. The number of pyridine rings is 1. The zero-order valence-corrected chi connectivity index (χ0v) is 14.1. The molecule has 122 valence electrons. The average molecular weight is 334 g/mol. The number of methoxy groups -OCH3 is 1. The summed E-state index contributed by atoms with van der Waals surface area (Å²) in [5, 5.41) is 6.56. The van der Waals surface area contributed by atoms with Gasteiger partial charge in [-0.2, -0.15) is 0 Å². The summed E-state index contributed by atoms with van der Waals surface area (Å²) in [6.07, 6.45) is 3.21. The van der Waals surface area contributed by atoms with Gasteiger partial charge in [0, 0.05) is 24.0 Å². The molecule has 0 atom stereocenters. The van der Waals surface area contributed by atoms with E-state index in [-0.39, 0.29) is 5.91 Å². The smallest absolute Gasteiger partial charge is 0.257 e. The van der Waals surface area contributed by atoms with Gasteiger partial charge in [-0.15, -0.1) is 0 Å². The van der Waals surface area contributed by atoms with Crippen LogP contribution in [0, 0.1) is 5.92 Å². The standard InChI is InChI=1S/C17H20ClN3O2/c1-11(2)8-20-14-6-12(9-19-10-14)17(22)21-15-7-13(18)4-5-16(15)23-3/h4-7,9-11,20H,8H2,1-3H3,(H,21,22). The summed E-state index contributed by atoms with van der Waals surface area (Å²) >= 11 is 5.97. The molecule has 1 amide bonds. The molecular formula is C17H20ClN3O2. The largest absolute Gasteiger partial charge is 0.495 e. The Morgan fingerprint density at radius 2 is 2.09 bits per heavy atom. The Hall–Kier alpha value is -2.27. The van der Waals surface area contributed by atoms with E-state index in [0.717, 1.165) is 12.2 Å². The second-order valence-electron chi connectivity index (χ2n) is 5.54. The molecule has 23 heavy (non-hydrogen) atoms. The maximum absolute atomic E-state index is 12.4. The van der Waals surface area contributed by atoms with Crippen LogP contribution >= 0.6 is 11.6 Å². The summed E-state index contributed by atoms with van der Waals surface area (Å²) in [7, 11) is 1.54.